The van der Waals surface area contributed by atoms with Crippen molar-refractivity contribution in [1.29, 1.82) is 0 Å². The van der Waals surface area contributed by atoms with Crippen molar-refractivity contribution >= 4 is 17.6 Å². The van der Waals surface area contributed by atoms with Gasteiger partial charge in [0.15, 0.2) is 6.29 Å². The minimum Gasteiger partial charge on any atom is -0.296 e. The molecule has 2 heterocycles. The Balaban J connectivity index is 2.58. The summed E-state index contributed by atoms with van der Waals surface area (Å²) in [5.74, 6) is 0. The average molecular weight is 192 g/mol. The van der Waals surface area contributed by atoms with Gasteiger partial charge >= 0.3 is 0 Å². The lowest BCUT2D eigenvalue weighted by atomic mass is 10.2. The minimum absolute atomic E-state index is 0.627. The number of rotatable bonds is 2. The summed E-state index contributed by atoms with van der Waals surface area (Å²) in [5.41, 5.74) is 1.54. The fourth-order valence-corrected chi connectivity index (χ4v) is 1.95. The molecular weight excluding hydrogens is 184 g/mol. The molecule has 0 aliphatic carbocycles. The first-order valence-electron chi connectivity index (χ1n) is 3.84. The van der Waals surface area contributed by atoms with Crippen LogP contribution in [0.15, 0.2) is 23.7 Å². The van der Waals surface area contributed by atoms with Crippen LogP contribution in [0.2, 0.25) is 0 Å². The number of thiophene rings is 1. The monoisotopic (exact) mass is 192 g/mol. The van der Waals surface area contributed by atoms with E-state index in [1.54, 1.807) is 29.3 Å². The predicted octanol–water partition coefficient (Wildman–Crippen LogP) is 1.96. The Hall–Kier alpha value is -1.42. The van der Waals surface area contributed by atoms with Gasteiger partial charge in [0.2, 0.25) is 0 Å². The van der Waals surface area contributed by atoms with Crippen molar-refractivity contribution in [3.05, 3.63) is 29.4 Å². The van der Waals surface area contributed by atoms with Crippen LogP contribution < -0.4 is 0 Å². The second kappa shape index (κ2) is 3.14. The highest BCUT2D eigenvalue weighted by molar-refractivity contribution is 7.13. The standard InChI is InChI=1S/C9H8N2OS/c1-11-8(6-12)7(5-10-11)9-3-2-4-13-9/h2-6H,1H3. The van der Waals surface area contributed by atoms with Gasteiger partial charge in [-0.3, -0.25) is 9.48 Å². The molecule has 0 aliphatic heterocycles. The van der Waals surface area contributed by atoms with Gasteiger partial charge in [-0.05, 0) is 11.4 Å². The summed E-state index contributed by atoms with van der Waals surface area (Å²) in [7, 11) is 1.76. The van der Waals surface area contributed by atoms with E-state index in [0.717, 1.165) is 16.7 Å². The summed E-state index contributed by atoms with van der Waals surface area (Å²) >= 11 is 1.61. The van der Waals surface area contributed by atoms with Crippen molar-refractivity contribution < 1.29 is 4.79 Å². The number of nitrogens with zero attached hydrogens (tertiary/aromatic N) is 2. The third-order valence-corrected chi connectivity index (χ3v) is 2.79. The van der Waals surface area contributed by atoms with Gasteiger partial charge in [0.1, 0.15) is 5.69 Å². The van der Waals surface area contributed by atoms with Crippen LogP contribution in [0, 0.1) is 0 Å². The molecule has 2 rings (SSSR count). The van der Waals surface area contributed by atoms with Gasteiger partial charge in [0.25, 0.3) is 0 Å². The van der Waals surface area contributed by atoms with Crippen LogP contribution in [-0.4, -0.2) is 16.1 Å². The first-order valence-corrected chi connectivity index (χ1v) is 4.72. The quantitative estimate of drug-likeness (QED) is 0.682. The van der Waals surface area contributed by atoms with Crippen LogP contribution >= 0.6 is 11.3 Å². The van der Waals surface area contributed by atoms with Gasteiger partial charge < -0.3 is 0 Å². The van der Waals surface area contributed by atoms with Crippen LogP contribution in [0.25, 0.3) is 10.4 Å². The second-order valence-electron chi connectivity index (χ2n) is 2.66. The highest BCUT2D eigenvalue weighted by Crippen LogP contribution is 2.26. The molecule has 3 nitrogen and oxygen atoms in total. The molecule has 0 aliphatic rings. The number of carbonyl (C=O) groups is 1. The highest BCUT2D eigenvalue weighted by atomic mass is 32.1. The minimum atomic E-state index is 0.627. The number of aryl methyl sites for hydroxylation is 1. The van der Waals surface area contributed by atoms with E-state index in [-0.39, 0.29) is 0 Å². The van der Waals surface area contributed by atoms with E-state index in [4.69, 9.17) is 0 Å². The molecule has 13 heavy (non-hydrogen) atoms. The molecule has 0 bridgehead atoms. The van der Waals surface area contributed by atoms with Crippen molar-refractivity contribution in [1.82, 2.24) is 9.78 Å². The smallest absolute Gasteiger partial charge is 0.168 e. The topological polar surface area (TPSA) is 34.9 Å². The summed E-state index contributed by atoms with van der Waals surface area (Å²) in [5, 5.41) is 6.02. The Morgan fingerprint density at radius 1 is 1.62 bits per heavy atom. The lowest BCUT2D eigenvalue weighted by molar-refractivity contribution is 0.111. The summed E-state index contributed by atoms with van der Waals surface area (Å²) in [6.07, 6.45) is 2.55. The van der Waals surface area contributed by atoms with E-state index >= 15 is 0 Å². The molecule has 4 heteroatoms. The van der Waals surface area contributed by atoms with Gasteiger partial charge in [-0.15, -0.1) is 11.3 Å². The summed E-state index contributed by atoms with van der Waals surface area (Å²) in [6, 6.07) is 3.94. The molecule has 2 aromatic heterocycles. The maximum absolute atomic E-state index is 10.7. The number of aromatic nitrogens is 2. The molecule has 0 saturated heterocycles. The molecule has 0 N–H and O–H groups in total. The normalized spacial score (nSPS) is 10.2. The van der Waals surface area contributed by atoms with Gasteiger partial charge in [0.05, 0.1) is 6.20 Å². The van der Waals surface area contributed by atoms with Crippen molar-refractivity contribution in [3.8, 4) is 10.4 Å². The molecule has 66 valence electrons. The number of carbonyl (C=O) groups excluding carboxylic acids is 1. The fraction of sp³-hybridized carbons (Fsp3) is 0.111. The third kappa shape index (κ3) is 1.29. The zero-order chi connectivity index (χ0) is 9.26. The lowest BCUT2D eigenvalue weighted by Crippen LogP contribution is -1.96. The Morgan fingerprint density at radius 3 is 3.08 bits per heavy atom. The van der Waals surface area contributed by atoms with Crippen LogP contribution in [0.4, 0.5) is 0 Å². The number of aldehydes is 1. The van der Waals surface area contributed by atoms with Crippen LogP contribution in [0.5, 0.6) is 0 Å². The largest absolute Gasteiger partial charge is 0.296 e. The number of hydrogen-bond acceptors (Lipinski definition) is 3. The molecule has 2 aromatic rings. The van der Waals surface area contributed by atoms with E-state index in [1.165, 1.54) is 0 Å². The highest BCUT2D eigenvalue weighted by Gasteiger charge is 2.09. The van der Waals surface area contributed by atoms with Crippen molar-refractivity contribution in [2.45, 2.75) is 0 Å². The molecule has 0 aromatic carbocycles. The van der Waals surface area contributed by atoms with Crippen molar-refractivity contribution in [3.63, 3.8) is 0 Å². The first-order chi connectivity index (χ1) is 6.33. The maximum Gasteiger partial charge on any atom is 0.168 e. The molecule has 0 atom stereocenters. The molecule has 0 spiro atoms. The summed E-state index contributed by atoms with van der Waals surface area (Å²) in [4.78, 5) is 11.8. The number of hydrogen-bond donors (Lipinski definition) is 0. The molecule has 0 saturated carbocycles. The third-order valence-electron chi connectivity index (χ3n) is 1.88. The maximum atomic E-state index is 10.7. The molecule has 0 unspecified atom stereocenters. The molecule has 0 radical (unpaired) electrons. The van der Waals surface area contributed by atoms with Gasteiger partial charge in [-0.2, -0.15) is 5.10 Å². The SMILES string of the molecule is Cn1ncc(-c2cccs2)c1C=O. The summed E-state index contributed by atoms with van der Waals surface area (Å²) < 4.78 is 1.59. The van der Waals surface area contributed by atoms with E-state index in [2.05, 4.69) is 5.10 Å². The Labute approximate surface area is 79.6 Å². The fourth-order valence-electron chi connectivity index (χ4n) is 1.21. The Bertz CT molecular complexity index is 417. The summed E-state index contributed by atoms with van der Waals surface area (Å²) in [6.45, 7) is 0. The Kier molecular flexibility index (Phi) is 1.98. The Morgan fingerprint density at radius 2 is 2.46 bits per heavy atom. The van der Waals surface area contributed by atoms with Crippen LogP contribution in [0.1, 0.15) is 10.5 Å². The first kappa shape index (κ1) is 8.19. The predicted molar refractivity (Wildman–Crippen MR) is 51.9 cm³/mol. The zero-order valence-corrected chi connectivity index (χ0v) is 7.91. The average Bonchev–Trinajstić information content (AvgIpc) is 2.71. The van der Waals surface area contributed by atoms with E-state index in [0.29, 0.717) is 5.69 Å². The van der Waals surface area contributed by atoms with E-state index < -0.39 is 0 Å². The van der Waals surface area contributed by atoms with Gasteiger partial charge in [0, 0.05) is 17.5 Å². The molecule has 0 amide bonds. The molecule has 0 fully saturated rings. The van der Waals surface area contributed by atoms with Crippen molar-refractivity contribution in [2.75, 3.05) is 0 Å². The van der Waals surface area contributed by atoms with Crippen LogP contribution in [0.3, 0.4) is 0 Å². The van der Waals surface area contributed by atoms with Crippen molar-refractivity contribution in [2.24, 2.45) is 7.05 Å². The van der Waals surface area contributed by atoms with E-state index in [9.17, 15) is 4.79 Å². The van der Waals surface area contributed by atoms with Gasteiger partial charge in [-0.1, -0.05) is 6.07 Å². The van der Waals surface area contributed by atoms with Gasteiger partial charge in [-0.25, -0.2) is 0 Å². The van der Waals surface area contributed by atoms with Crippen LogP contribution in [-0.2, 0) is 7.05 Å². The molecular formula is C9H8N2OS. The lowest BCUT2D eigenvalue weighted by Gasteiger charge is -1.94. The second-order valence-corrected chi connectivity index (χ2v) is 3.61. The zero-order valence-electron chi connectivity index (χ0n) is 7.10. The van der Waals surface area contributed by atoms with E-state index in [1.807, 2.05) is 17.5 Å².